The molecule has 0 aliphatic carbocycles. The molecule has 0 fully saturated rings. The normalized spacial score (nSPS) is 15.2. The maximum atomic E-state index is 13.2. The van der Waals surface area contributed by atoms with E-state index in [9.17, 15) is 13.2 Å². The van der Waals surface area contributed by atoms with Crippen molar-refractivity contribution in [3.05, 3.63) is 82.7 Å². The first-order valence-corrected chi connectivity index (χ1v) is 10.4. The Bertz CT molecular complexity index is 1050. The maximum Gasteiger partial charge on any atom is 0.416 e. The molecular formula is C25H26F3N3O. The van der Waals surface area contributed by atoms with E-state index in [2.05, 4.69) is 31.3 Å². The van der Waals surface area contributed by atoms with E-state index in [-0.39, 0.29) is 6.73 Å². The second kappa shape index (κ2) is 9.92. The van der Waals surface area contributed by atoms with Gasteiger partial charge in [-0.05, 0) is 61.7 Å². The van der Waals surface area contributed by atoms with Crippen molar-refractivity contribution in [1.29, 1.82) is 5.26 Å². The van der Waals surface area contributed by atoms with Crippen molar-refractivity contribution in [2.75, 3.05) is 23.6 Å². The molecule has 0 amide bonds. The van der Waals surface area contributed by atoms with Crippen molar-refractivity contribution < 1.29 is 17.9 Å². The van der Waals surface area contributed by atoms with Crippen LogP contribution in [0, 0.1) is 17.2 Å². The molecule has 2 aromatic carbocycles. The molecule has 0 spiro atoms. The lowest BCUT2D eigenvalue weighted by molar-refractivity contribution is -0.137. The van der Waals surface area contributed by atoms with E-state index in [1.54, 1.807) is 23.1 Å². The van der Waals surface area contributed by atoms with E-state index in [1.165, 1.54) is 6.07 Å². The van der Waals surface area contributed by atoms with Gasteiger partial charge in [0.1, 0.15) is 6.73 Å². The van der Waals surface area contributed by atoms with Crippen molar-refractivity contribution in [3.63, 3.8) is 0 Å². The standard InChI is InChI=1S/C25H26F3N3O/c1-17(2)7-12-24(30-21-10-8-19(14-29)9-11-21)23-15-32-16-31(18(23)3)22-6-4-5-20(13-22)25(26,27)28/h4-6,8-13,17,30H,7,15-16H2,1-3H3/b24-12-. The second-order valence-electron chi connectivity index (χ2n) is 8.08. The number of nitriles is 1. The minimum Gasteiger partial charge on any atom is -0.356 e. The highest BCUT2D eigenvalue weighted by Gasteiger charge is 2.31. The van der Waals surface area contributed by atoms with Crippen LogP contribution in [0.3, 0.4) is 0 Å². The van der Waals surface area contributed by atoms with E-state index in [4.69, 9.17) is 10.00 Å². The molecule has 32 heavy (non-hydrogen) atoms. The number of hydrogen-bond acceptors (Lipinski definition) is 4. The van der Waals surface area contributed by atoms with Gasteiger partial charge in [0.05, 0.1) is 23.8 Å². The summed E-state index contributed by atoms with van der Waals surface area (Å²) in [5.74, 6) is 0.428. The number of nitrogens with zero attached hydrogens (tertiary/aromatic N) is 2. The average molecular weight is 441 g/mol. The van der Waals surface area contributed by atoms with Crippen LogP contribution in [-0.4, -0.2) is 13.3 Å². The molecule has 0 saturated heterocycles. The van der Waals surface area contributed by atoms with Gasteiger partial charge in [0.2, 0.25) is 0 Å². The van der Waals surface area contributed by atoms with Crippen LogP contribution in [0.25, 0.3) is 0 Å². The fourth-order valence-electron chi connectivity index (χ4n) is 3.38. The van der Waals surface area contributed by atoms with E-state index in [0.717, 1.165) is 41.2 Å². The third-order valence-electron chi connectivity index (χ3n) is 5.21. The predicted molar refractivity (Wildman–Crippen MR) is 120 cm³/mol. The number of halogens is 3. The van der Waals surface area contributed by atoms with Crippen LogP contribution in [0.5, 0.6) is 0 Å². The molecule has 7 heteroatoms. The van der Waals surface area contributed by atoms with Gasteiger partial charge < -0.3 is 15.0 Å². The van der Waals surface area contributed by atoms with E-state index < -0.39 is 11.7 Å². The molecule has 0 aromatic heterocycles. The van der Waals surface area contributed by atoms with Gasteiger partial charge in [-0.1, -0.05) is 26.0 Å². The van der Waals surface area contributed by atoms with Crippen LogP contribution in [0.15, 0.2) is 71.6 Å². The van der Waals surface area contributed by atoms with Crippen LogP contribution >= 0.6 is 0 Å². The number of nitrogens with one attached hydrogen (secondary N) is 1. The number of alkyl halides is 3. The van der Waals surface area contributed by atoms with Crippen LogP contribution < -0.4 is 10.2 Å². The smallest absolute Gasteiger partial charge is 0.356 e. The van der Waals surface area contributed by atoms with Gasteiger partial charge in [-0.2, -0.15) is 18.4 Å². The summed E-state index contributed by atoms with van der Waals surface area (Å²) in [5, 5.41) is 12.4. The third-order valence-corrected chi connectivity index (χ3v) is 5.21. The van der Waals surface area contributed by atoms with E-state index in [0.29, 0.717) is 23.8 Å². The molecule has 1 aliphatic rings. The molecule has 168 valence electrons. The number of ether oxygens (including phenoxy) is 1. The number of anilines is 2. The molecule has 1 N–H and O–H groups in total. The molecule has 2 aromatic rings. The molecule has 0 saturated carbocycles. The highest BCUT2D eigenvalue weighted by atomic mass is 19.4. The minimum atomic E-state index is -4.41. The lowest BCUT2D eigenvalue weighted by atomic mass is 10.0. The molecule has 0 bridgehead atoms. The maximum absolute atomic E-state index is 13.2. The zero-order chi connectivity index (χ0) is 23.3. The molecular weight excluding hydrogens is 415 g/mol. The average Bonchev–Trinajstić information content (AvgIpc) is 2.77. The molecule has 0 radical (unpaired) electrons. The van der Waals surface area contributed by atoms with Crippen molar-refractivity contribution in [2.45, 2.75) is 33.4 Å². The largest absolute Gasteiger partial charge is 0.416 e. The zero-order valence-electron chi connectivity index (χ0n) is 18.3. The molecule has 4 nitrogen and oxygen atoms in total. The minimum absolute atomic E-state index is 0.172. The Morgan fingerprint density at radius 1 is 1.22 bits per heavy atom. The SMILES string of the molecule is CC1=C(/C(=C/CC(C)C)Nc2ccc(C#N)cc2)COCN1c1cccc(C(F)(F)F)c1. The van der Waals surface area contributed by atoms with Gasteiger partial charge in [-0.3, -0.25) is 0 Å². The monoisotopic (exact) mass is 441 g/mol. The number of benzene rings is 2. The summed E-state index contributed by atoms with van der Waals surface area (Å²) in [7, 11) is 0. The van der Waals surface area contributed by atoms with Crippen molar-refractivity contribution in [3.8, 4) is 6.07 Å². The second-order valence-corrected chi connectivity index (χ2v) is 8.08. The van der Waals surface area contributed by atoms with Crippen LogP contribution in [0.1, 0.15) is 38.3 Å². The molecule has 0 atom stereocenters. The summed E-state index contributed by atoms with van der Waals surface area (Å²) >= 11 is 0. The molecule has 0 unspecified atom stereocenters. The van der Waals surface area contributed by atoms with Gasteiger partial charge in [0, 0.05) is 28.3 Å². The van der Waals surface area contributed by atoms with Crippen LogP contribution in [0.2, 0.25) is 0 Å². The zero-order valence-corrected chi connectivity index (χ0v) is 18.3. The van der Waals surface area contributed by atoms with Gasteiger partial charge in [0.15, 0.2) is 0 Å². The third kappa shape index (κ3) is 5.71. The number of hydrogen-bond donors (Lipinski definition) is 1. The van der Waals surface area contributed by atoms with Gasteiger partial charge >= 0.3 is 6.18 Å². The quantitative estimate of drug-likeness (QED) is 0.543. The summed E-state index contributed by atoms with van der Waals surface area (Å²) in [6.07, 6.45) is -1.51. The highest BCUT2D eigenvalue weighted by molar-refractivity contribution is 5.61. The summed E-state index contributed by atoms with van der Waals surface area (Å²) in [4.78, 5) is 1.75. The Labute approximate surface area is 186 Å². The first kappa shape index (κ1) is 23.4. The fourth-order valence-corrected chi connectivity index (χ4v) is 3.38. The van der Waals surface area contributed by atoms with E-state index in [1.807, 2.05) is 19.1 Å². The van der Waals surface area contributed by atoms with Crippen molar-refractivity contribution >= 4 is 11.4 Å². The number of allylic oxidation sites excluding steroid dienone is 2. The van der Waals surface area contributed by atoms with Crippen LogP contribution in [0.4, 0.5) is 24.5 Å². The summed E-state index contributed by atoms with van der Waals surface area (Å²) in [6.45, 7) is 6.63. The van der Waals surface area contributed by atoms with Crippen molar-refractivity contribution in [2.24, 2.45) is 5.92 Å². The molecule has 1 aliphatic heterocycles. The Balaban J connectivity index is 1.97. The topological polar surface area (TPSA) is 48.3 Å². The molecule has 3 rings (SSSR count). The summed E-state index contributed by atoms with van der Waals surface area (Å²) in [5.41, 5.74) is 3.66. The summed E-state index contributed by atoms with van der Waals surface area (Å²) in [6, 6.07) is 14.5. The highest BCUT2D eigenvalue weighted by Crippen LogP contribution is 2.34. The lowest BCUT2D eigenvalue weighted by Gasteiger charge is -2.33. The van der Waals surface area contributed by atoms with Gasteiger partial charge in [0.25, 0.3) is 0 Å². The Morgan fingerprint density at radius 2 is 1.94 bits per heavy atom. The first-order valence-electron chi connectivity index (χ1n) is 10.4. The number of rotatable bonds is 6. The fraction of sp³-hybridized carbons (Fsp3) is 0.320. The Hall–Kier alpha value is -3.24. The lowest BCUT2D eigenvalue weighted by Crippen LogP contribution is -2.32. The Morgan fingerprint density at radius 3 is 2.56 bits per heavy atom. The van der Waals surface area contributed by atoms with Crippen molar-refractivity contribution in [1.82, 2.24) is 0 Å². The summed E-state index contributed by atoms with van der Waals surface area (Å²) < 4.78 is 45.4. The van der Waals surface area contributed by atoms with E-state index >= 15 is 0 Å². The molecule has 1 heterocycles. The predicted octanol–water partition coefficient (Wildman–Crippen LogP) is 6.69. The Kier molecular flexibility index (Phi) is 7.26. The van der Waals surface area contributed by atoms with Gasteiger partial charge in [-0.25, -0.2) is 0 Å². The van der Waals surface area contributed by atoms with Gasteiger partial charge in [-0.15, -0.1) is 0 Å². The first-order chi connectivity index (χ1) is 15.2. The van der Waals surface area contributed by atoms with Crippen LogP contribution in [-0.2, 0) is 10.9 Å².